The summed E-state index contributed by atoms with van der Waals surface area (Å²) in [5.41, 5.74) is 1.96. The van der Waals surface area contributed by atoms with Gasteiger partial charge in [-0.05, 0) is 79.9 Å². The van der Waals surface area contributed by atoms with Crippen molar-refractivity contribution in [1.82, 2.24) is 0 Å². The Morgan fingerprint density at radius 2 is 1.52 bits per heavy atom. The lowest BCUT2D eigenvalue weighted by atomic mass is 9.68. The fraction of sp³-hybridized carbons (Fsp3) is 0.654. The summed E-state index contributed by atoms with van der Waals surface area (Å²) < 4.78 is 0. The van der Waals surface area contributed by atoms with Crippen LogP contribution in [0.5, 0.6) is 0 Å². The van der Waals surface area contributed by atoms with E-state index in [9.17, 15) is 0 Å². The summed E-state index contributed by atoms with van der Waals surface area (Å²) in [4.78, 5) is 0. The minimum Gasteiger partial charge on any atom is -0.192 e. The van der Waals surface area contributed by atoms with Gasteiger partial charge < -0.3 is 0 Å². The van der Waals surface area contributed by atoms with Gasteiger partial charge in [0.25, 0.3) is 0 Å². The first-order chi connectivity index (χ1) is 13.3. The Morgan fingerprint density at radius 3 is 2.11 bits per heavy atom. The van der Waals surface area contributed by atoms with E-state index in [1.54, 1.807) is 0 Å². The van der Waals surface area contributed by atoms with Crippen LogP contribution in [0.4, 0.5) is 0 Å². The number of benzene rings is 1. The third kappa shape index (κ3) is 6.24. The second-order valence-corrected chi connectivity index (χ2v) is 9.04. The van der Waals surface area contributed by atoms with E-state index in [0.29, 0.717) is 0 Å². The third-order valence-corrected chi connectivity index (χ3v) is 7.19. The molecule has 1 aromatic carbocycles. The lowest BCUT2D eigenvalue weighted by molar-refractivity contribution is 0.151. The Labute approximate surface area is 166 Å². The van der Waals surface area contributed by atoms with Crippen molar-refractivity contribution in [3.8, 4) is 6.07 Å². The average molecular weight is 364 g/mol. The zero-order valence-electron chi connectivity index (χ0n) is 17.2. The number of hydrogen-bond donors (Lipinski definition) is 0. The molecular weight excluding hydrogens is 326 g/mol. The molecule has 0 bridgehead atoms. The molecule has 1 aromatic rings. The number of hydrogen-bond acceptors (Lipinski definition) is 1. The summed E-state index contributed by atoms with van der Waals surface area (Å²) in [6, 6.07) is 10.1. The average Bonchev–Trinajstić information content (AvgIpc) is 2.74. The normalized spacial score (nSPS) is 28.9. The van der Waals surface area contributed by atoms with Crippen LogP contribution in [0.2, 0.25) is 0 Å². The van der Waals surface area contributed by atoms with Crippen molar-refractivity contribution in [2.75, 3.05) is 0 Å². The molecular formula is C26H37N. The fourth-order valence-electron chi connectivity index (χ4n) is 5.36. The van der Waals surface area contributed by atoms with Gasteiger partial charge >= 0.3 is 0 Å². The van der Waals surface area contributed by atoms with E-state index in [1.807, 2.05) is 12.1 Å². The van der Waals surface area contributed by atoms with Crippen molar-refractivity contribution < 1.29 is 0 Å². The molecule has 0 saturated heterocycles. The number of nitriles is 1. The molecule has 0 aromatic heterocycles. The van der Waals surface area contributed by atoms with Crippen LogP contribution < -0.4 is 0 Å². The minimum atomic E-state index is 0.743. The molecule has 0 N–H and O–H groups in total. The van der Waals surface area contributed by atoms with Crippen molar-refractivity contribution in [2.45, 2.75) is 84.0 Å². The Hall–Kier alpha value is -1.55. The first-order valence-corrected chi connectivity index (χ1v) is 11.5. The topological polar surface area (TPSA) is 23.8 Å². The molecule has 2 aliphatic rings. The van der Waals surface area contributed by atoms with Gasteiger partial charge in [-0.2, -0.15) is 5.26 Å². The molecule has 1 heteroatoms. The molecule has 3 rings (SSSR count). The van der Waals surface area contributed by atoms with Gasteiger partial charge in [-0.25, -0.2) is 0 Å². The maximum absolute atomic E-state index is 8.89. The number of rotatable bonds is 7. The molecule has 0 unspecified atom stereocenters. The van der Waals surface area contributed by atoms with Crippen LogP contribution in [0.15, 0.2) is 30.3 Å². The van der Waals surface area contributed by atoms with Crippen molar-refractivity contribution in [2.24, 2.45) is 23.7 Å². The molecule has 2 aliphatic carbocycles. The summed E-state index contributed by atoms with van der Waals surface area (Å²) in [7, 11) is 0. The lowest BCUT2D eigenvalue weighted by Gasteiger charge is -2.37. The summed E-state index contributed by atoms with van der Waals surface area (Å²) in [6.07, 6.45) is 22.1. The highest BCUT2D eigenvalue weighted by Crippen LogP contribution is 2.42. The number of nitrogens with zero attached hydrogens (tertiary/aromatic N) is 1. The quantitative estimate of drug-likeness (QED) is 0.454. The molecule has 27 heavy (non-hydrogen) atoms. The van der Waals surface area contributed by atoms with Crippen LogP contribution in [0, 0.1) is 35.0 Å². The fourth-order valence-corrected chi connectivity index (χ4v) is 5.36. The molecule has 0 spiro atoms. The highest BCUT2D eigenvalue weighted by atomic mass is 14.4. The highest BCUT2D eigenvalue weighted by Gasteiger charge is 2.30. The van der Waals surface area contributed by atoms with Crippen LogP contribution in [0.25, 0.3) is 6.08 Å². The van der Waals surface area contributed by atoms with Crippen LogP contribution in [0.3, 0.4) is 0 Å². The van der Waals surface area contributed by atoms with Gasteiger partial charge in [0.2, 0.25) is 0 Å². The second-order valence-electron chi connectivity index (χ2n) is 9.04. The number of unbranched alkanes of at least 4 members (excludes halogenated alkanes) is 2. The smallest absolute Gasteiger partial charge is 0.0991 e. The first kappa shape index (κ1) is 20.2. The minimum absolute atomic E-state index is 0.743. The van der Waals surface area contributed by atoms with Crippen molar-refractivity contribution in [3.63, 3.8) is 0 Å². The van der Waals surface area contributed by atoms with E-state index in [0.717, 1.165) is 29.2 Å². The molecule has 0 radical (unpaired) electrons. The van der Waals surface area contributed by atoms with E-state index < -0.39 is 0 Å². The maximum atomic E-state index is 8.89. The van der Waals surface area contributed by atoms with Crippen LogP contribution in [-0.4, -0.2) is 0 Å². The summed E-state index contributed by atoms with van der Waals surface area (Å²) in [5.74, 6) is 3.82. The monoisotopic (exact) mass is 363 g/mol. The molecule has 0 atom stereocenters. The summed E-state index contributed by atoms with van der Waals surface area (Å²) >= 11 is 0. The lowest BCUT2D eigenvalue weighted by Crippen LogP contribution is -2.25. The zero-order valence-corrected chi connectivity index (χ0v) is 17.2. The van der Waals surface area contributed by atoms with Crippen LogP contribution in [-0.2, 0) is 0 Å². The van der Waals surface area contributed by atoms with Gasteiger partial charge in [0, 0.05) is 0 Å². The van der Waals surface area contributed by atoms with Gasteiger partial charge in [-0.3, -0.25) is 0 Å². The van der Waals surface area contributed by atoms with Gasteiger partial charge in [-0.1, -0.05) is 69.7 Å². The highest BCUT2D eigenvalue weighted by molar-refractivity contribution is 5.51. The summed E-state index contributed by atoms with van der Waals surface area (Å²) in [6.45, 7) is 2.31. The van der Waals surface area contributed by atoms with E-state index in [2.05, 4.69) is 37.3 Å². The van der Waals surface area contributed by atoms with Gasteiger partial charge in [0.15, 0.2) is 0 Å². The second kappa shape index (κ2) is 10.7. The molecule has 0 amide bonds. The van der Waals surface area contributed by atoms with Crippen molar-refractivity contribution in [1.29, 1.82) is 5.26 Å². The SMILES string of the molecule is CCCCCC1CCC(C2CCC(/C=C/c3ccc(C#N)cc3)CC2)CC1. The van der Waals surface area contributed by atoms with E-state index in [4.69, 9.17) is 5.26 Å². The van der Waals surface area contributed by atoms with Gasteiger partial charge in [0.05, 0.1) is 11.6 Å². The van der Waals surface area contributed by atoms with E-state index in [1.165, 1.54) is 82.6 Å². The Kier molecular flexibility index (Phi) is 8.00. The first-order valence-electron chi connectivity index (χ1n) is 11.5. The van der Waals surface area contributed by atoms with E-state index in [-0.39, 0.29) is 0 Å². The molecule has 1 nitrogen and oxygen atoms in total. The zero-order chi connectivity index (χ0) is 18.9. The maximum Gasteiger partial charge on any atom is 0.0991 e. The molecule has 0 aliphatic heterocycles. The number of allylic oxidation sites excluding steroid dienone is 1. The predicted molar refractivity (Wildman–Crippen MR) is 115 cm³/mol. The van der Waals surface area contributed by atoms with Gasteiger partial charge in [-0.15, -0.1) is 0 Å². The molecule has 0 heterocycles. The summed E-state index contributed by atoms with van der Waals surface area (Å²) in [5, 5.41) is 8.89. The third-order valence-electron chi connectivity index (χ3n) is 7.19. The standard InChI is InChI=1S/C26H37N/c1-2-3-4-5-21-12-16-25(17-13-21)26-18-14-23(15-19-26)7-6-22-8-10-24(20-27)11-9-22/h6-11,21,23,25-26H,2-5,12-19H2,1H3/b7-6+. The van der Waals surface area contributed by atoms with Crippen molar-refractivity contribution in [3.05, 3.63) is 41.5 Å². The van der Waals surface area contributed by atoms with E-state index >= 15 is 0 Å². The molecule has 146 valence electrons. The largest absolute Gasteiger partial charge is 0.192 e. The van der Waals surface area contributed by atoms with Gasteiger partial charge in [0.1, 0.15) is 0 Å². The molecule has 2 fully saturated rings. The van der Waals surface area contributed by atoms with Crippen molar-refractivity contribution >= 4 is 6.08 Å². The predicted octanol–water partition coefficient (Wildman–Crippen LogP) is 7.76. The Bertz CT molecular complexity index is 605. The Morgan fingerprint density at radius 1 is 0.889 bits per heavy atom. The van der Waals surface area contributed by atoms with Crippen LogP contribution >= 0.6 is 0 Å². The molecule has 2 saturated carbocycles. The van der Waals surface area contributed by atoms with Crippen LogP contribution in [0.1, 0.15) is 95.1 Å². The Balaban J connectivity index is 1.37.